The van der Waals surface area contributed by atoms with E-state index >= 15 is 0 Å². The fourth-order valence-corrected chi connectivity index (χ4v) is 4.73. The Labute approximate surface area is 129 Å². The lowest BCUT2D eigenvalue weighted by Crippen LogP contribution is -2.52. The zero-order valence-corrected chi connectivity index (χ0v) is 13.5. The van der Waals surface area contributed by atoms with Crippen LogP contribution in [0.4, 0.5) is 0 Å². The SMILES string of the molecule is CCC1(NS(=O)(=O)c2cc(Cl)cc(C(=O)O)c2C)CCC1. The number of rotatable bonds is 5. The van der Waals surface area contributed by atoms with Crippen LogP contribution in [0.1, 0.15) is 48.5 Å². The Hall–Kier alpha value is -1.11. The molecule has 0 aliphatic heterocycles. The molecule has 2 N–H and O–H groups in total. The first kappa shape index (κ1) is 16.3. The summed E-state index contributed by atoms with van der Waals surface area (Å²) >= 11 is 5.87. The number of benzene rings is 1. The quantitative estimate of drug-likeness (QED) is 0.868. The predicted octanol–water partition coefficient (Wildman–Crippen LogP) is 2.96. The molecule has 0 bridgehead atoms. The molecule has 0 saturated heterocycles. The molecule has 0 heterocycles. The lowest BCUT2D eigenvalue weighted by Gasteiger charge is -2.41. The van der Waals surface area contributed by atoms with Crippen molar-refractivity contribution in [2.24, 2.45) is 0 Å². The molecule has 0 aromatic heterocycles. The number of carboxylic acids is 1. The van der Waals surface area contributed by atoms with Crippen molar-refractivity contribution < 1.29 is 18.3 Å². The molecule has 1 aromatic rings. The predicted molar refractivity (Wildman–Crippen MR) is 80.3 cm³/mol. The number of hydrogen-bond donors (Lipinski definition) is 2. The van der Waals surface area contributed by atoms with Crippen molar-refractivity contribution in [2.45, 2.75) is 50.0 Å². The van der Waals surface area contributed by atoms with Crippen molar-refractivity contribution in [3.63, 3.8) is 0 Å². The van der Waals surface area contributed by atoms with Crippen LogP contribution in [0.2, 0.25) is 5.02 Å². The van der Waals surface area contributed by atoms with E-state index in [9.17, 15) is 13.2 Å². The highest BCUT2D eigenvalue weighted by molar-refractivity contribution is 7.89. The van der Waals surface area contributed by atoms with Crippen molar-refractivity contribution >= 4 is 27.6 Å². The van der Waals surface area contributed by atoms with Crippen molar-refractivity contribution in [1.82, 2.24) is 4.72 Å². The minimum atomic E-state index is -3.80. The second-order valence-corrected chi connectivity index (χ2v) is 7.56. The minimum Gasteiger partial charge on any atom is -0.478 e. The molecule has 1 fully saturated rings. The maximum Gasteiger partial charge on any atom is 0.336 e. The number of sulfonamides is 1. The molecular weight excluding hydrogens is 314 g/mol. The van der Waals surface area contributed by atoms with Crippen LogP contribution in [-0.2, 0) is 10.0 Å². The molecule has 5 nitrogen and oxygen atoms in total. The van der Waals surface area contributed by atoms with Gasteiger partial charge in [-0.05, 0) is 50.3 Å². The molecular formula is C14H18ClNO4S. The molecule has 2 rings (SSSR count). The molecule has 21 heavy (non-hydrogen) atoms. The fourth-order valence-electron chi connectivity index (χ4n) is 2.63. The van der Waals surface area contributed by atoms with Gasteiger partial charge in [-0.3, -0.25) is 0 Å². The van der Waals surface area contributed by atoms with Gasteiger partial charge in [0.2, 0.25) is 10.0 Å². The zero-order valence-electron chi connectivity index (χ0n) is 11.9. The topological polar surface area (TPSA) is 83.5 Å². The summed E-state index contributed by atoms with van der Waals surface area (Å²) in [5.74, 6) is -1.19. The van der Waals surface area contributed by atoms with Gasteiger partial charge in [0.15, 0.2) is 0 Å². The first-order valence-corrected chi connectivity index (χ1v) is 8.64. The van der Waals surface area contributed by atoms with Gasteiger partial charge in [0.05, 0.1) is 10.5 Å². The maximum absolute atomic E-state index is 12.6. The standard InChI is InChI=1S/C14H18ClNO4S/c1-3-14(5-4-6-14)16-21(19,20)12-8-10(15)7-11(9(12)2)13(17)18/h7-8,16H,3-6H2,1-2H3,(H,17,18). The Morgan fingerprint density at radius 1 is 1.43 bits per heavy atom. The number of halogens is 1. The summed E-state index contributed by atoms with van der Waals surface area (Å²) in [5.41, 5.74) is -0.302. The number of nitrogens with one attached hydrogen (secondary N) is 1. The summed E-state index contributed by atoms with van der Waals surface area (Å²) in [6.45, 7) is 3.42. The smallest absolute Gasteiger partial charge is 0.336 e. The van der Waals surface area contributed by atoms with Crippen LogP contribution < -0.4 is 4.72 Å². The molecule has 0 atom stereocenters. The number of carboxylic acid groups (broad SMARTS) is 1. The van der Waals surface area contributed by atoms with Crippen molar-refractivity contribution in [3.05, 3.63) is 28.3 Å². The van der Waals surface area contributed by atoms with Gasteiger partial charge in [-0.1, -0.05) is 18.5 Å². The summed E-state index contributed by atoms with van der Waals surface area (Å²) < 4.78 is 27.9. The summed E-state index contributed by atoms with van der Waals surface area (Å²) in [6, 6.07) is 2.56. The fraction of sp³-hybridized carbons (Fsp3) is 0.500. The van der Waals surface area contributed by atoms with Crippen molar-refractivity contribution in [2.75, 3.05) is 0 Å². The molecule has 0 unspecified atom stereocenters. The highest BCUT2D eigenvalue weighted by Crippen LogP contribution is 2.36. The average molecular weight is 332 g/mol. The molecule has 7 heteroatoms. The monoisotopic (exact) mass is 331 g/mol. The van der Waals surface area contributed by atoms with Crippen LogP contribution in [0.3, 0.4) is 0 Å². The van der Waals surface area contributed by atoms with E-state index in [1.807, 2.05) is 6.92 Å². The second kappa shape index (κ2) is 5.59. The van der Waals surface area contributed by atoms with E-state index in [4.69, 9.17) is 16.7 Å². The van der Waals surface area contributed by atoms with E-state index < -0.39 is 21.5 Å². The third-order valence-corrected chi connectivity index (χ3v) is 6.11. The Kier molecular flexibility index (Phi) is 4.33. The Balaban J connectivity index is 2.47. The number of aromatic carboxylic acids is 1. The van der Waals surface area contributed by atoms with E-state index in [-0.39, 0.29) is 21.0 Å². The molecule has 1 aromatic carbocycles. The minimum absolute atomic E-state index is 0.0628. The largest absolute Gasteiger partial charge is 0.478 e. The Bertz CT molecular complexity index is 675. The van der Waals surface area contributed by atoms with Crippen molar-refractivity contribution in [3.8, 4) is 0 Å². The first-order chi connectivity index (χ1) is 9.71. The second-order valence-electron chi connectivity index (χ2n) is 5.47. The lowest BCUT2D eigenvalue weighted by atomic mass is 9.76. The van der Waals surface area contributed by atoms with Gasteiger partial charge in [-0.15, -0.1) is 0 Å². The molecule has 1 aliphatic rings. The molecule has 0 amide bonds. The van der Waals surface area contributed by atoms with Gasteiger partial charge >= 0.3 is 5.97 Å². The van der Waals surface area contributed by atoms with Crippen LogP contribution >= 0.6 is 11.6 Å². The van der Waals surface area contributed by atoms with Gasteiger partial charge < -0.3 is 5.11 Å². The van der Waals surface area contributed by atoms with E-state index in [1.165, 1.54) is 19.1 Å². The van der Waals surface area contributed by atoms with Crippen LogP contribution in [0.15, 0.2) is 17.0 Å². The van der Waals surface area contributed by atoms with E-state index in [2.05, 4.69) is 4.72 Å². The Morgan fingerprint density at radius 3 is 2.48 bits per heavy atom. The summed E-state index contributed by atoms with van der Waals surface area (Å²) in [7, 11) is -3.80. The van der Waals surface area contributed by atoms with Crippen LogP contribution in [-0.4, -0.2) is 25.0 Å². The average Bonchev–Trinajstić information content (AvgIpc) is 2.35. The zero-order chi connectivity index (χ0) is 15.8. The van der Waals surface area contributed by atoms with Gasteiger partial charge in [-0.2, -0.15) is 0 Å². The summed E-state index contributed by atoms with van der Waals surface area (Å²) in [4.78, 5) is 11.1. The number of carbonyl (C=O) groups is 1. The molecule has 0 radical (unpaired) electrons. The number of hydrogen-bond acceptors (Lipinski definition) is 3. The Morgan fingerprint density at radius 2 is 2.05 bits per heavy atom. The molecule has 116 valence electrons. The lowest BCUT2D eigenvalue weighted by molar-refractivity contribution is 0.0696. The van der Waals surface area contributed by atoms with Crippen LogP contribution in [0.25, 0.3) is 0 Å². The van der Waals surface area contributed by atoms with E-state index in [1.54, 1.807) is 0 Å². The maximum atomic E-state index is 12.6. The van der Waals surface area contributed by atoms with Gasteiger partial charge in [-0.25, -0.2) is 17.9 Å². The van der Waals surface area contributed by atoms with Gasteiger partial charge in [0, 0.05) is 10.6 Å². The van der Waals surface area contributed by atoms with Gasteiger partial charge in [0.1, 0.15) is 0 Å². The highest BCUT2D eigenvalue weighted by Gasteiger charge is 2.39. The third kappa shape index (κ3) is 3.07. The normalized spacial score (nSPS) is 17.3. The molecule has 0 spiro atoms. The van der Waals surface area contributed by atoms with Crippen LogP contribution in [0.5, 0.6) is 0 Å². The van der Waals surface area contributed by atoms with E-state index in [0.29, 0.717) is 6.42 Å². The van der Waals surface area contributed by atoms with E-state index in [0.717, 1.165) is 19.3 Å². The summed E-state index contributed by atoms with van der Waals surface area (Å²) in [6.07, 6.45) is 3.30. The molecule has 1 saturated carbocycles. The van der Waals surface area contributed by atoms with Crippen LogP contribution in [0, 0.1) is 6.92 Å². The molecule has 1 aliphatic carbocycles. The first-order valence-electron chi connectivity index (χ1n) is 6.78. The highest BCUT2D eigenvalue weighted by atomic mass is 35.5. The van der Waals surface area contributed by atoms with Crippen molar-refractivity contribution in [1.29, 1.82) is 0 Å². The third-order valence-electron chi connectivity index (χ3n) is 4.18. The summed E-state index contributed by atoms with van der Waals surface area (Å²) in [5, 5.41) is 9.24. The van der Waals surface area contributed by atoms with Gasteiger partial charge in [0.25, 0.3) is 0 Å².